The van der Waals surface area contributed by atoms with Crippen molar-refractivity contribution in [3.63, 3.8) is 0 Å². The molecule has 1 aliphatic heterocycles. The molecule has 1 rings (SSSR count). The van der Waals surface area contributed by atoms with Gasteiger partial charge in [0.1, 0.15) is 0 Å². The van der Waals surface area contributed by atoms with Gasteiger partial charge in [0.05, 0.1) is 25.7 Å². The maximum Gasteiger partial charge on any atom is 0.310 e. The van der Waals surface area contributed by atoms with Crippen LogP contribution in [0, 0.1) is 5.92 Å². The summed E-state index contributed by atoms with van der Waals surface area (Å²) >= 11 is 0. The summed E-state index contributed by atoms with van der Waals surface area (Å²) in [6.07, 6.45) is 1.62. The standard InChI is InChI=1S/C12H23NO4/c1-10-11(4-5-13-10)12(14)17-7-3-6-16-9-8-15-2/h10-11,13H,3-9H2,1-2H3. The first-order valence-corrected chi connectivity index (χ1v) is 6.22. The first-order valence-electron chi connectivity index (χ1n) is 6.22. The lowest BCUT2D eigenvalue weighted by atomic mass is 10.0. The Bertz CT molecular complexity index is 223. The highest BCUT2D eigenvalue weighted by atomic mass is 16.5. The molecular formula is C12H23NO4. The van der Waals surface area contributed by atoms with Crippen LogP contribution in [0.3, 0.4) is 0 Å². The molecule has 0 spiro atoms. The van der Waals surface area contributed by atoms with Crippen LogP contribution >= 0.6 is 0 Å². The fourth-order valence-corrected chi connectivity index (χ4v) is 1.87. The van der Waals surface area contributed by atoms with Gasteiger partial charge in [-0.3, -0.25) is 4.79 Å². The van der Waals surface area contributed by atoms with E-state index < -0.39 is 0 Å². The van der Waals surface area contributed by atoms with Gasteiger partial charge >= 0.3 is 5.97 Å². The number of rotatable bonds is 8. The molecule has 0 saturated carbocycles. The van der Waals surface area contributed by atoms with Crippen LogP contribution in [-0.4, -0.2) is 52.1 Å². The number of carbonyl (C=O) groups excluding carboxylic acids is 1. The monoisotopic (exact) mass is 245 g/mol. The van der Waals surface area contributed by atoms with E-state index in [4.69, 9.17) is 14.2 Å². The number of hydrogen-bond donors (Lipinski definition) is 1. The van der Waals surface area contributed by atoms with Gasteiger partial charge in [-0.1, -0.05) is 0 Å². The Morgan fingerprint density at radius 1 is 1.29 bits per heavy atom. The predicted molar refractivity (Wildman–Crippen MR) is 63.8 cm³/mol. The molecule has 100 valence electrons. The van der Waals surface area contributed by atoms with Crippen LogP contribution in [0.2, 0.25) is 0 Å². The van der Waals surface area contributed by atoms with E-state index in [0.717, 1.165) is 19.4 Å². The SMILES string of the molecule is COCCOCCCOC(=O)C1CCNC1C. The van der Waals surface area contributed by atoms with Gasteiger partial charge in [-0.15, -0.1) is 0 Å². The molecule has 0 aliphatic carbocycles. The molecule has 5 heteroatoms. The summed E-state index contributed by atoms with van der Waals surface area (Å²) in [5.74, 6) is -0.0659. The molecule has 2 unspecified atom stereocenters. The number of ether oxygens (including phenoxy) is 3. The van der Waals surface area contributed by atoms with E-state index in [9.17, 15) is 4.79 Å². The Kier molecular flexibility index (Phi) is 7.16. The Morgan fingerprint density at radius 3 is 2.76 bits per heavy atom. The summed E-state index contributed by atoms with van der Waals surface area (Å²) in [5.41, 5.74) is 0. The van der Waals surface area contributed by atoms with Crippen LogP contribution in [0.4, 0.5) is 0 Å². The minimum Gasteiger partial charge on any atom is -0.465 e. The number of esters is 1. The van der Waals surface area contributed by atoms with E-state index in [2.05, 4.69) is 5.32 Å². The zero-order valence-corrected chi connectivity index (χ0v) is 10.7. The number of carbonyl (C=O) groups is 1. The first kappa shape index (κ1) is 14.4. The Morgan fingerprint density at radius 2 is 2.12 bits per heavy atom. The summed E-state index contributed by atoms with van der Waals surface area (Å²) in [6, 6.07) is 0.237. The molecule has 1 fully saturated rings. The van der Waals surface area contributed by atoms with E-state index in [0.29, 0.717) is 26.4 Å². The maximum atomic E-state index is 11.7. The van der Waals surface area contributed by atoms with Gasteiger partial charge in [0.2, 0.25) is 0 Å². The van der Waals surface area contributed by atoms with Crippen molar-refractivity contribution in [2.75, 3.05) is 40.1 Å². The molecule has 0 radical (unpaired) electrons. The van der Waals surface area contributed by atoms with E-state index in [1.807, 2.05) is 6.92 Å². The van der Waals surface area contributed by atoms with E-state index in [1.165, 1.54) is 0 Å². The second-order valence-electron chi connectivity index (χ2n) is 4.26. The highest BCUT2D eigenvalue weighted by Crippen LogP contribution is 2.16. The van der Waals surface area contributed by atoms with Gasteiger partial charge in [0.15, 0.2) is 0 Å². The van der Waals surface area contributed by atoms with Gasteiger partial charge < -0.3 is 19.5 Å². The minimum absolute atomic E-state index is 0.0180. The average Bonchev–Trinajstić information content (AvgIpc) is 2.74. The highest BCUT2D eigenvalue weighted by Gasteiger charge is 2.30. The second-order valence-corrected chi connectivity index (χ2v) is 4.26. The summed E-state index contributed by atoms with van der Waals surface area (Å²) in [7, 11) is 1.64. The number of methoxy groups -OCH3 is 1. The topological polar surface area (TPSA) is 56.8 Å². The van der Waals surface area contributed by atoms with Crippen LogP contribution in [0.5, 0.6) is 0 Å². The third-order valence-corrected chi connectivity index (χ3v) is 2.94. The van der Waals surface area contributed by atoms with Crippen molar-refractivity contribution in [1.29, 1.82) is 0 Å². The molecule has 0 amide bonds. The molecule has 2 atom stereocenters. The fraction of sp³-hybridized carbons (Fsp3) is 0.917. The molecule has 1 saturated heterocycles. The number of nitrogens with one attached hydrogen (secondary N) is 1. The molecule has 0 aromatic carbocycles. The van der Waals surface area contributed by atoms with Crippen molar-refractivity contribution >= 4 is 5.97 Å². The van der Waals surface area contributed by atoms with Gasteiger partial charge in [-0.25, -0.2) is 0 Å². The lowest BCUT2D eigenvalue weighted by Gasteiger charge is -2.13. The van der Waals surface area contributed by atoms with Crippen molar-refractivity contribution < 1.29 is 19.0 Å². The molecular weight excluding hydrogens is 222 g/mol. The molecule has 17 heavy (non-hydrogen) atoms. The van der Waals surface area contributed by atoms with E-state index in [-0.39, 0.29) is 17.9 Å². The molecule has 1 N–H and O–H groups in total. The van der Waals surface area contributed by atoms with Gasteiger partial charge in [0.25, 0.3) is 0 Å². The van der Waals surface area contributed by atoms with Crippen molar-refractivity contribution in [2.24, 2.45) is 5.92 Å². The second kappa shape index (κ2) is 8.44. The quantitative estimate of drug-likeness (QED) is 0.501. The molecule has 5 nitrogen and oxygen atoms in total. The Balaban J connectivity index is 1.97. The zero-order valence-electron chi connectivity index (χ0n) is 10.7. The molecule has 0 aromatic rings. The van der Waals surface area contributed by atoms with Crippen molar-refractivity contribution in [1.82, 2.24) is 5.32 Å². The van der Waals surface area contributed by atoms with Crippen LogP contribution in [0.1, 0.15) is 19.8 Å². The largest absolute Gasteiger partial charge is 0.465 e. The molecule has 0 bridgehead atoms. The average molecular weight is 245 g/mol. The third kappa shape index (κ3) is 5.48. The van der Waals surface area contributed by atoms with Gasteiger partial charge in [-0.2, -0.15) is 0 Å². The molecule has 1 aliphatic rings. The lowest BCUT2D eigenvalue weighted by Crippen LogP contribution is -2.29. The van der Waals surface area contributed by atoms with Gasteiger partial charge in [-0.05, 0) is 19.9 Å². The van der Waals surface area contributed by atoms with Crippen molar-refractivity contribution in [3.05, 3.63) is 0 Å². The summed E-state index contributed by atoms with van der Waals surface area (Å²) in [6.45, 7) is 5.16. The van der Waals surface area contributed by atoms with Crippen LogP contribution in [0.25, 0.3) is 0 Å². The fourth-order valence-electron chi connectivity index (χ4n) is 1.87. The molecule has 0 aromatic heterocycles. The third-order valence-electron chi connectivity index (χ3n) is 2.94. The van der Waals surface area contributed by atoms with Gasteiger partial charge in [0, 0.05) is 26.2 Å². The predicted octanol–water partition coefficient (Wildman–Crippen LogP) is 0.581. The zero-order chi connectivity index (χ0) is 12.5. The smallest absolute Gasteiger partial charge is 0.310 e. The van der Waals surface area contributed by atoms with Crippen LogP contribution < -0.4 is 5.32 Å². The normalized spacial score (nSPS) is 23.9. The molecule has 1 heterocycles. The summed E-state index contributed by atoms with van der Waals surface area (Å²) in [5, 5.41) is 3.24. The highest BCUT2D eigenvalue weighted by molar-refractivity contribution is 5.73. The van der Waals surface area contributed by atoms with Crippen LogP contribution in [-0.2, 0) is 19.0 Å². The van der Waals surface area contributed by atoms with Crippen molar-refractivity contribution in [2.45, 2.75) is 25.8 Å². The summed E-state index contributed by atoms with van der Waals surface area (Å²) < 4.78 is 15.3. The number of hydrogen-bond acceptors (Lipinski definition) is 5. The van der Waals surface area contributed by atoms with E-state index >= 15 is 0 Å². The maximum absolute atomic E-state index is 11.7. The Hall–Kier alpha value is -0.650. The van der Waals surface area contributed by atoms with Crippen molar-refractivity contribution in [3.8, 4) is 0 Å². The lowest BCUT2D eigenvalue weighted by molar-refractivity contribution is -0.149. The Labute approximate surface area is 103 Å². The first-order chi connectivity index (χ1) is 8.25. The minimum atomic E-state index is -0.0839. The van der Waals surface area contributed by atoms with Crippen LogP contribution in [0.15, 0.2) is 0 Å². The summed E-state index contributed by atoms with van der Waals surface area (Å²) in [4.78, 5) is 11.7. The van der Waals surface area contributed by atoms with E-state index in [1.54, 1.807) is 7.11 Å².